The molecule has 2 aliphatic heterocycles. The third kappa shape index (κ3) is 4.63. The molecule has 8 heteroatoms. The Balaban J connectivity index is 1.38. The highest BCUT2D eigenvalue weighted by atomic mass is 32.2. The number of benzene rings is 2. The van der Waals surface area contributed by atoms with Crippen LogP contribution in [0.15, 0.2) is 73.3 Å². The summed E-state index contributed by atoms with van der Waals surface area (Å²) >= 11 is 0. The fourth-order valence-corrected chi connectivity index (χ4v) is 6.97. The van der Waals surface area contributed by atoms with Crippen LogP contribution >= 0.6 is 0 Å². The molecule has 178 valence electrons. The number of fused-ring (bicyclic) bond motifs is 1. The fraction of sp³-hybridized carbons (Fsp3) is 0.385. The Kier molecular flexibility index (Phi) is 6.74. The van der Waals surface area contributed by atoms with E-state index in [0.29, 0.717) is 13.1 Å². The molecule has 0 bridgehead atoms. The van der Waals surface area contributed by atoms with Gasteiger partial charge in [0.1, 0.15) is 6.33 Å². The van der Waals surface area contributed by atoms with E-state index in [1.165, 1.54) is 6.33 Å². The van der Waals surface area contributed by atoms with Crippen LogP contribution in [0.1, 0.15) is 29.9 Å². The van der Waals surface area contributed by atoms with E-state index in [9.17, 15) is 13.5 Å². The molecular formula is C26H30N4O3S. The van der Waals surface area contributed by atoms with Crippen LogP contribution < -0.4 is 0 Å². The molecule has 2 fully saturated rings. The van der Waals surface area contributed by atoms with Gasteiger partial charge < -0.3 is 5.11 Å². The summed E-state index contributed by atoms with van der Waals surface area (Å²) in [5.41, 5.74) is 3.92. The van der Waals surface area contributed by atoms with E-state index >= 15 is 0 Å². The SMILES string of the molecule is O=S(=O)(Cc1ccccc1)N1CCCCN2[C@@H](CO)[C@@H](c3ccc(-c4cncnc4)cc3)[C@@H]2C1. The molecule has 2 aromatic carbocycles. The quantitative estimate of drug-likeness (QED) is 0.586. The first kappa shape index (κ1) is 23.1. The maximum absolute atomic E-state index is 13.3. The van der Waals surface area contributed by atoms with Gasteiger partial charge in [-0.2, -0.15) is 0 Å². The Bertz CT molecular complexity index is 1190. The van der Waals surface area contributed by atoms with Crippen LogP contribution in [0.2, 0.25) is 0 Å². The summed E-state index contributed by atoms with van der Waals surface area (Å²) in [5, 5.41) is 10.2. The van der Waals surface area contributed by atoms with Gasteiger partial charge in [-0.3, -0.25) is 4.90 Å². The third-order valence-corrected chi connectivity index (χ3v) is 8.92. The molecule has 5 rings (SSSR count). The molecule has 0 saturated carbocycles. The summed E-state index contributed by atoms with van der Waals surface area (Å²) < 4.78 is 28.4. The zero-order valence-electron chi connectivity index (χ0n) is 19.1. The summed E-state index contributed by atoms with van der Waals surface area (Å²) in [7, 11) is -3.44. The molecule has 2 aliphatic rings. The molecule has 0 unspecified atom stereocenters. The highest BCUT2D eigenvalue weighted by Gasteiger charge is 2.50. The van der Waals surface area contributed by atoms with Crippen LogP contribution in [0, 0.1) is 0 Å². The Labute approximate surface area is 201 Å². The molecule has 34 heavy (non-hydrogen) atoms. The topological polar surface area (TPSA) is 86.6 Å². The van der Waals surface area contributed by atoms with Crippen molar-refractivity contribution in [3.05, 3.63) is 84.4 Å². The second-order valence-electron chi connectivity index (χ2n) is 9.14. The molecule has 0 spiro atoms. The van der Waals surface area contributed by atoms with Gasteiger partial charge in [-0.15, -0.1) is 0 Å². The minimum Gasteiger partial charge on any atom is -0.395 e. The average Bonchev–Trinajstić information content (AvgIpc) is 2.84. The normalized spacial score (nSPS) is 24.0. The predicted molar refractivity (Wildman–Crippen MR) is 131 cm³/mol. The summed E-state index contributed by atoms with van der Waals surface area (Å²) in [5.74, 6) is 0.0984. The monoisotopic (exact) mass is 478 g/mol. The predicted octanol–water partition coefficient (Wildman–Crippen LogP) is 2.90. The van der Waals surface area contributed by atoms with Gasteiger partial charge in [0.05, 0.1) is 12.4 Å². The van der Waals surface area contributed by atoms with Gasteiger partial charge in [-0.1, -0.05) is 54.6 Å². The number of sulfonamides is 1. The van der Waals surface area contributed by atoms with Gasteiger partial charge in [0.25, 0.3) is 0 Å². The van der Waals surface area contributed by atoms with Crippen molar-refractivity contribution in [2.45, 2.75) is 36.6 Å². The van der Waals surface area contributed by atoms with E-state index < -0.39 is 10.0 Å². The number of aliphatic hydroxyl groups excluding tert-OH is 1. The van der Waals surface area contributed by atoms with Gasteiger partial charge in [0, 0.05) is 49.0 Å². The fourth-order valence-electron chi connectivity index (χ4n) is 5.38. The lowest BCUT2D eigenvalue weighted by molar-refractivity contribution is -0.0554. The van der Waals surface area contributed by atoms with Gasteiger partial charge in [-0.25, -0.2) is 22.7 Å². The van der Waals surface area contributed by atoms with Gasteiger partial charge in [0.2, 0.25) is 10.0 Å². The van der Waals surface area contributed by atoms with Crippen molar-refractivity contribution in [1.82, 2.24) is 19.2 Å². The van der Waals surface area contributed by atoms with Crippen molar-refractivity contribution in [1.29, 1.82) is 0 Å². The zero-order valence-corrected chi connectivity index (χ0v) is 19.9. The van der Waals surface area contributed by atoms with Crippen LogP contribution in [0.25, 0.3) is 11.1 Å². The number of rotatable bonds is 6. The summed E-state index contributed by atoms with van der Waals surface area (Å²) in [6.45, 7) is 1.94. The minimum atomic E-state index is -3.44. The van der Waals surface area contributed by atoms with E-state index in [0.717, 1.165) is 41.6 Å². The summed E-state index contributed by atoms with van der Waals surface area (Å²) in [6.07, 6.45) is 6.83. The lowest BCUT2D eigenvalue weighted by Gasteiger charge is -2.57. The molecular weight excluding hydrogens is 448 g/mol. The Morgan fingerprint density at radius 2 is 1.62 bits per heavy atom. The van der Waals surface area contributed by atoms with Crippen LogP contribution in [0.4, 0.5) is 0 Å². The zero-order chi connectivity index (χ0) is 23.5. The van der Waals surface area contributed by atoms with Crippen molar-refractivity contribution in [2.24, 2.45) is 0 Å². The van der Waals surface area contributed by atoms with Crippen molar-refractivity contribution in [3.8, 4) is 11.1 Å². The number of hydrogen-bond donors (Lipinski definition) is 1. The van der Waals surface area contributed by atoms with Gasteiger partial charge in [0.15, 0.2) is 0 Å². The molecule has 0 amide bonds. The molecule has 2 saturated heterocycles. The second-order valence-corrected chi connectivity index (χ2v) is 11.1. The molecule has 1 aromatic heterocycles. The standard InChI is InChI=1S/C26H30N4O3S/c31-17-25-26(22-10-8-21(9-11-22)23-14-27-19-28-15-23)24-16-29(12-4-5-13-30(24)25)34(32,33)18-20-6-2-1-3-7-20/h1-3,6-11,14-15,19,24-26,31H,4-5,12-13,16-18H2/t24-,25-,26-/m0/s1. The van der Waals surface area contributed by atoms with E-state index in [2.05, 4.69) is 39.1 Å². The minimum absolute atomic E-state index is 0.00712. The molecule has 3 atom stereocenters. The largest absolute Gasteiger partial charge is 0.395 e. The second kappa shape index (κ2) is 9.92. The van der Waals surface area contributed by atoms with E-state index in [1.807, 2.05) is 30.3 Å². The molecule has 3 aromatic rings. The van der Waals surface area contributed by atoms with Crippen molar-refractivity contribution in [3.63, 3.8) is 0 Å². The van der Waals surface area contributed by atoms with E-state index in [4.69, 9.17) is 0 Å². The number of aliphatic hydroxyl groups is 1. The smallest absolute Gasteiger partial charge is 0.218 e. The van der Waals surface area contributed by atoms with Crippen molar-refractivity contribution >= 4 is 10.0 Å². The number of nitrogens with zero attached hydrogens (tertiary/aromatic N) is 4. The van der Waals surface area contributed by atoms with Crippen molar-refractivity contribution in [2.75, 3.05) is 26.2 Å². The van der Waals surface area contributed by atoms with Gasteiger partial charge >= 0.3 is 0 Å². The first-order valence-corrected chi connectivity index (χ1v) is 13.4. The van der Waals surface area contributed by atoms with Crippen LogP contribution in [-0.2, 0) is 15.8 Å². The highest BCUT2D eigenvalue weighted by Crippen LogP contribution is 2.42. The number of hydrogen-bond acceptors (Lipinski definition) is 6. The summed E-state index contributed by atoms with van der Waals surface area (Å²) in [6, 6.07) is 17.7. The number of aromatic nitrogens is 2. The Morgan fingerprint density at radius 1 is 0.912 bits per heavy atom. The molecule has 0 aliphatic carbocycles. The molecule has 0 radical (unpaired) electrons. The third-order valence-electron chi connectivity index (χ3n) is 7.11. The maximum atomic E-state index is 13.3. The molecule has 7 nitrogen and oxygen atoms in total. The Morgan fingerprint density at radius 3 is 2.32 bits per heavy atom. The van der Waals surface area contributed by atoms with Crippen LogP contribution in [0.5, 0.6) is 0 Å². The first-order valence-electron chi connectivity index (χ1n) is 11.8. The summed E-state index contributed by atoms with van der Waals surface area (Å²) in [4.78, 5) is 10.5. The van der Waals surface area contributed by atoms with Crippen LogP contribution in [-0.4, -0.2) is 71.0 Å². The van der Waals surface area contributed by atoms with Crippen LogP contribution in [0.3, 0.4) is 0 Å². The van der Waals surface area contributed by atoms with Crippen molar-refractivity contribution < 1.29 is 13.5 Å². The lowest BCUT2D eigenvalue weighted by Crippen LogP contribution is -2.67. The highest BCUT2D eigenvalue weighted by molar-refractivity contribution is 7.88. The van der Waals surface area contributed by atoms with Gasteiger partial charge in [-0.05, 0) is 36.1 Å². The van der Waals surface area contributed by atoms with E-state index in [-0.39, 0.29) is 30.4 Å². The maximum Gasteiger partial charge on any atom is 0.218 e. The Hall–Kier alpha value is -2.65. The molecule has 1 N–H and O–H groups in total. The first-order chi connectivity index (χ1) is 16.6. The average molecular weight is 479 g/mol. The van der Waals surface area contributed by atoms with E-state index in [1.54, 1.807) is 16.7 Å². The lowest BCUT2D eigenvalue weighted by atomic mass is 9.74. The molecule has 3 heterocycles.